The van der Waals surface area contributed by atoms with Gasteiger partial charge < -0.3 is 4.90 Å². The van der Waals surface area contributed by atoms with E-state index in [4.69, 9.17) is 22.1 Å². The minimum absolute atomic E-state index is 0. The zero-order valence-electron chi connectivity index (χ0n) is 12.3. The van der Waals surface area contributed by atoms with Crippen LogP contribution in [0.1, 0.15) is 0 Å². The first kappa shape index (κ1) is 19.6. The number of benzene rings is 1. The molecule has 1 aliphatic heterocycles. The molecule has 1 atom stereocenters. The molecule has 1 aromatic carbocycles. The second-order valence-corrected chi connectivity index (χ2v) is 7.25. The molecule has 0 saturated heterocycles. The van der Waals surface area contributed by atoms with Crippen molar-refractivity contribution in [3.05, 3.63) is 60.9 Å². The third-order valence-corrected chi connectivity index (χ3v) is 5.91. The largest absolute Gasteiger partial charge is 1.00 e. The van der Waals surface area contributed by atoms with Gasteiger partial charge in [-0.25, -0.2) is 18.9 Å². The van der Waals surface area contributed by atoms with Crippen molar-refractivity contribution in [1.82, 2.24) is 4.90 Å². The molecule has 0 aromatic heterocycles. The van der Waals surface area contributed by atoms with Crippen LogP contribution >= 0.6 is 11.6 Å². The number of nitriles is 2. The number of halogens is 1. The Morgan fingerprint density at radius 3 is 2.13 bits per heavy atom. The summed E-state index contributed by atoms with van der Waals surface area (Å²) in [5.41, 5.74) is 0. The van der Waals surface area contributed by atoms with E-state index in [-0.39, 0.29) is 40.5 Å². The summed E-state index contributed by atoms with van der Waals surface area (Å²) in [5, 5.41) is 17.6. The van der Waals surface area contributed by atoms with E-state index < -0.39 is 20.5 Å². The van der Waals surface area contributed by atoms with Crippen molar-refractivity contribution in [3.63, 3.8) is 0 Å². The fourth-order valence-electron chi connectivity index (χ4n) is 1.91. The molecular weight excluding hydrogens is 345 g/mol. The smallest absolute Gasteiger partial charge is 0.461 e. The zero-order valence-corrected chi connectivity index (χ0v) is 15.9. The molecule has 1 aromatic rings. The van der Waals surface area contributed by atoms with Crippen LogP contribution in [0.4, 0.5) is 0 Å². The first-order valence-electron chi connectivity index (χ1n) is 6.26. The van der Waals surface area contributed by atoms with E-state index in [0.717, 1.165) is 0 Å². The van der Waals surface area contributed by atoms with Crippen molar-refractivity contribution >= 4 is 21.4 Å². The van der Waals surface area contributed by atoms with Gasteiger partial charge in [-0.05, 0) is 24.5 Å². The summed E-state index contributed by atoms with van der Waals surface area (Å²) in [6.07, 6.45) is 6.02. The van der Waals surface area contributed by atoms with Gasteiger partial charge in [0, 0.05) is 5.92 Å². The van der Waals surface area contributed by atoms with Crippen LogP contribution in [0.25, 0.3) is 0 Å². The second-order valence-electron chi connectivity index (χ2n) is 4.45. The monoisotopic (exact) mass is 355 g/mol. The molecule has 0 aliphatic carbocycles. The summed E-state index contributed by atoms with van der Waals surface area (Å²) < 4.78 is 23.7. The summed E-state index contributed by atoms with van der Waals surface area (Å²) in [5.74, 6) is -0.554. The molecule has 1 unspecified atom stereocenters. The van der Waals surface area contributed by atoms with Gasteiger partial charge in [-0.2, -0.15) is 0 Å². The molecule has 0 N–H and O–H groups in total. The maximum atomic E-state index is 12.4. The van der Waals surface area contributed by atoms with Crippen LogP contribution in [0.5, 0.6) is 0 Å². The van der Waals surface area contributed by atoms with Crippen LogP contribution in [-0.2, 0) is 9.84 Å². The van der Waals surface area contributed by atoms with Crippen molar-refractivity contribution in [2.75, 3.05) is 0 Å². The van der Waals surface area contributed by atoms with Gasteiger partial charge in [0.1, 0.15) is 4.71 Å². The molecule has 0 spiro atoms. The van der Waals surface area contributed by atoms with Gasteiger partial charge in [-0.15, -0.1) is 11.6 Å². The molecule has 8 heteroatoms. The van der Waals surface area contributed by atoms with E-state index in [0.29, 0.717) is 0 Å². The molecular formula is C15H11ClN3NaO2S. The van der Waals surface area contributed by atoms with Gasteiger partial charge in [0.05, 0.1) is 4.90 Å². The molecule has 0 saturated carbocycles. The van der Waals surface area contributed by atoms with E-state index in [1.54, 1.807) is 42.5 Å². The topological polar surface area (TPSA) is 85.0 Å². The fourth-order valence-corrected chi connectivity index (χ4v) is 3.78. The minimum atomic E-state index is -3.68. The van der Waals surface area contributed by atoms with E-state index in [1.165, 1.54) is 29.4 Å². The average Bonchev–Trinajstić information content (AvgIpc) is 2.57. The summed E-state index contributed by atoms with van der Waals surface area (Å²) >= 11 is 6.14. The van der Waals surface area contributed by atoms with Gasteiger partial charge in [0.2, 0.25) is 0 Å². The Labute approximate surface area is 162 Å². The molecule has 1 heterocycles. The molecule has 1 aliphatic rings. The average molecular weight is 356 g/mol. The third-order valence-electron chi connectivity index (χ3n) is 3.08. The Kier molecular flexibility index (Phi) is 7.21. The third kappa shape index (κ3) is 4.32. The molecule has 0 fully saturated rings. The quantitative estimate of drug-likeness (QED) is 0.415. The van der Waals surface area contributed by atoms with Crippen molar-refractivity contribution < 1.29 is 38.0 Å². The Bertz CT molecular complexity index is 753. The SMILES string of the molecule is N#C[C-](C#N)N1C=CC(C(Cl)S(=O)(=O)c2ccccc2)C=C1.[Na+]. The van der Waals surface area contributed by atoms with Gasteiger partial charge in [-0.3, -0.25) is 0 Å². The van der Waals surface area contributed by atoms with Crippen molar-refractivity contribution in [2.24, 2.45) is 5.92 Å². The van der Waals surface area contributed by atoms with Crippen LogP contribution in [0.3, 0.4) is 0 Å². The summed E-state index contributed by atoms with van der Waals surface area (Å²) in [6.45, 7) is 0. The van der Waals surface area contributed by atoms with Crippen molar-refractivity contribution in [3.8, 4) is 12.1 Å². The number of rotatable bonds is 4. The molecule has 0 radical (unpaired) electrons. The predicted octanol–water partition coefficient (Wildman–Crippen LogP) is -0.432. The first-order valence-corrected chi connectivity index (χ1v) is 8.24. The molecule has 2 rings (SSSR count). The number of hydrogen-bond donors (Lipinski definition) is 0. The fraction of sp³-hybridized carbons (Fsp3) is 0.133. The Morgan fingerprint density at radius 2 is 1.65 bits per heavy atom. The molecule has 23 heavy (non-hydrogen) atoms. The van der Waals surface area contributed by atoms with Gasteiger partial charge >= 0.3 is 29.6 Å². The van der Waals surface area contributed by atoms with Gasteiger partial charge in [0.15, 0.2) is 9.84 Å². The Hall–Kier alpha value is -1.41. The van der Waals surface area contributed by atoms with Crippen molar-refractivity contribution in [2.45, 2.75) is 9.60 Å². The minimum Gasteiger partial charge on any atom is -0.461 e. The molecule has 0 amide bonds. The number of sulfone groups is 1. The molecule has 0 bridgehead atoms. The Balaban J connectivity index is 0.00000264. The maximum absolute atomic E-state index is 12.4. The molecule has 5 nitrogen and oxygen atoms in total. The van der Waals surface area contributed by atoms with Crippen LogP contribution in [-0.4, -0.2) is 18.0 Å². The van der Waals surface area contributed by atoms with Crippen molar-refractivity contribution in [1.29, 1.82) is 10.5 Å². The first-order chi connectivity index (χ1) is 10.5. The summed E-state index contributed by atoms with van der Waals surface area (Å²) in [4.78, 5) is 1.47. The maximum Gasteiger partial charge on any atom is 1.00 e. The number of allylic oxidation sites excluding steroid dienone is 2. The summed E-state index contributed by atoms with van der Waals surface area (Å²) in [7, 11) is -3.68. The van der Waals surface area contributed by atoms with E-state index >= 15 is 0 Å². The van der Waals surface area contributed by atoms with Crippen LogP contribution in [0.15, 0.2) is 59.8 Å². The predicted molar refractivity (Wildman–Crippen MR) is 81.3 cm³/mol. The van der Waals surface area contributed by atoms with Crippen LogP contribution in [0, 0.1) is 34.6 Å². The second kappa shape index (κ2) is 8.44. The molecule has 112 valence electrons. The Morgan fingerprint density at radius 1 is 1.13 bits per heavy atom. The van der Waals surface area contributed by atoms with E-state index in [9.17, 15) is 8.42 Å². The number of alkyl halides is 1. The van der Waals surface area contributed by atoms with Gasteiger partial charge in [-0.1, -0.05) is 48.5 Å². The number of hydrogen-bond acceptors (Lipinski definition) is 5. The normalized spacial score (nSPS) is 15.2. The zero-order chi connectivity index (χ0) is 16.2. The number of nitrogens with zero attached hydrogens (tertiary/aromatic N) is 3. The standard InChI is InChI=1S/C15H11ClN3O2S.Na/c16-15(22(20,21)14-4-2-1-3-5-14)12-6-8-19(9-7-12)13(10-17)11-18;/h1-9,12,15H;/q-1;+1. The van der Waals surface area contributed by atoms with Crippen LogP contribution in [0.2, 0.25) is 0 Å². The van der Waals surface area contributed by atoms with E-state index in [2.05, 4.69) is 0 Å². The van der Waals surface area contributed by atoms with E-state index in [1.807, 2.05) is 0 Å². The summed E-state index contributed by atoms with van der Waals surface area (Å²) in [6, 6.07) is 11.4. The van der Waals surface area contributed by atoms with Gasteiger partial charge in [0.25, 0.3) is 0 Å². The van der Waals surface area contributed by atoms with Crippen LogP contribution < -0.4 is 29.6 Å².